The third-order valence-electron chi connectivity index (χ3n) is 4.61. The van der Waals surface area contributed by atoms with E-state index in [1.54, 1.807) is 20.8 Å². The lowest BCUT2D eigenvalue weighted by Crippen LogP contribution is -2.27. The van der Waals surface area contributed by atoms with Gasteiger partial charge in [0.25, 0.3) is 0 Å². The number of aryl methyl sites for hydroxylation is 1. The predicted octanol–water partition coefficient (Wildman–Crippen LogP) is 3.94. The molecule has 0 atom stereocenters. The zero-order chi connectivity index (χ0) is 23.5. The minimum atomic E-state index is -4.54. The van der Waals surface area contributed by atoms with Crippen molar-refractivity contribution < 1.29 is 27.4 Å². The van der Waals surface area contributed by atoms with Crippen molar-refractivity contribution in [3.63, 3.8) is 0 Å². The molecule has 3 aromatic rings. The van der Waals surface area contributed by atoms with Gasteiger partial charge in [0.1, 0.15) is 17.1 Å². The summed E-state index contributed by atoms with van der Waals surface area (Å²) in [7, 11) is 1.30. The summed E-state index contributed by atoms with van der Waals surface area (Å²) in [6.07, 6.45) is -3.80. The minimum absolute atomic E-state index is 0.000685. The number of hydrogen-bond acceptors (Lipinski definition) is 7. The van der Waals surface area contributed by atoms with E-state index in [1.165, 1.54) is 11.5 Å². The Balaban J connectivity index is 1.80. The topological polar surface area (TPSA) is 103 Å². The molecule has 174 valence electrons. The Bertz CT molecular complexity index is 1110. The van der Waals surface area contributed by atoms with Crippen molar-refractivity contribution in [2.45, 2.75) is 45.9 Å². The Morgan fingerprint density at radius 1 is 1.19 bits per heavy atom. The molecule has 12 heteroatoms. The number of alkyl carbamates (subject to hydrolysis) is 1. The number of anilines is 1. The average Bonchev–Trinajstić information content (AvgIpc) is 3.10. The maximum absolute atomic E-state index is 13.4. The Labute approximate surface area is 182 Å². The Morgan fingerprint density at radius 3 is 2.56 bits per heavy atom. The van der Waals surface area contributed by atoms with Crippen molar-refractivity contribution in [3.8, 4) is 5.75 Å². The largest absolute Gasteiger partial charge is 0.494 e. The molecule has 2 aromatic heterocycles. The standard InChI is InChI=1S/C20H25F3N6O3/c1-11(2)32-19(30)25-8-6-5-7-24-17-18-28-27-12(3)29(18)14-9-13(20(21,22)23)10-15(31-4)16(14)26-17/h9-11H,5-8H2,1-4H3,(H,24,26)(H,25,30). The maximum atomic E-state index is 13.4. The molecule has 0 unspecified atom stereocenters. The second-order valence-electron chi connectivity index (χ2n) is 7.43. The van der Waals surface area contributed by atoms with Crippen molar-refractivity contribution in [2.24, 2.45) is 0 Å². The molecular weight excluding hydrogens is 429 g/mol. The van der Waals surface area contributed by atoms with E-state index in [2.05, 4.69) is 25.8 Å². The number of alkyl halides is 3. The summed E-state index contributed by atoms with van der Waals surface area (Å²) in [5.41, 5.74) is -0.0682. The first-order valence-electron chi connectivity index (χ1n) is 10.1. The molecule has 1 amide bonds. The number of halogens is 3. The highest BCUT2D eigenvalue weighted by Gasteiger charge is 2.32. The number of amides is 1. The number of nitrogens with one attached hydrogen (secondary N) is 2. The molecule has 0 aliphatic carbocycles. The fourth-order valence-corrected chi connectivity index (χ4v) is 3.18. The number of benzene rings is 1. The molecule has 0 aliphatic rings. The number of rotatable bonds is 8. The smallest absolute Gasteiger partial charge is 0.416 e. The van der Waals surface area contributed by atoms with Crippen LogP contribution in [0.2, 0.25) is 0 Å². The van der Waals surface area contributed by atoms with Gasteiger partial charge in [-0.3, -0.25) is 4.40 Å². The van der Waals surface area contributed by atoms with Gasteiger partial charge in [-0.15, -0.1) is 10.2 Å². The summed E-state index contributed by atoms with van der Waals surface area (Å²) < 4.78 is 51.8. The van der Waals surface area contributed by atoms with E-state index in [0.717, 1.165) is 12.1 Å². The zero-order valence-corrected chi connectivity index (χ0v) is 18.2. The zero-order valence-electron chi connectivity index (χ0n) is 18.2. The fourth-order valence-electron chi connectivity index (χ4n) is 3.18. The Kier molecular flexibility index (Phi) is 6.90. The molecule has 3 rings (SSSR count). The number of aromatic nitrogens is 4. The van der Waals surface area contributed by atoms with Gasteiger partial charge in [0.2, 0.25) is 5.65 Å². The second kappa shape index (κ2) is 9.45. The molecule has 2 heterocycles. The predicted molar refractivity (Wildman–Crippen MR) is 112 cm³/mol. The second-order valence-corrected chi connectivity index (χ2v) is 7.43. The number of carbonyl (C=O) groups excluding carboxylic acids is 1. The van der Waals surface area contributed by atoms with Crippen LogP contribution in [0.5, 0.6) is 5.75 Å². The third-order valence-corrected chi connectivity index (χ3v) is 4.61. The van der Waals surface area contributed by atoms with Crippen LogP contribution in [0.15, 0.2) is 12.1 Å². The molecule has 0 fully saturated rings. The van der Waals surface area contributed by atoms with Crippen LogP contribution in [0.3, 0.4) is 0 Å². The van der Waals surface area contributed by atoms with Crippen molar-refractivity contribution in [3.05, 3.63) is 23.5 Å². The molecule has 0 bridgehead atoms. The summed E-state index contributed by atoms with van der Waals surface area (Å²) in [5, 5.41) is 13.9. The van der Waals surface area contributed by atoms with Gasteiger partial charge in [-0.1, -0.05) is 0 Å². The quantitative estimate of drug-likeness (QED) is 0.497. The Morgan fingerprint density at radius 2 is 1.91 bits per heavy atom. The molecule has 0 aliphatic heterocycles. The number of hydrogen-bond donors (Lipinski definition) is 2. The first-order chi connectivity index (χ1) is 15.1. The van der Waals surface area contributed by atoms with Gasteiger partial charge in [0.15, 0.2) is 5.82 Å². The van der Waals surface area contributed by atoms with Crippen LogP contribution in [0, 0.1) is 6.92 Å². The van der Waals surface area contributed by atoms with Crippen LogP contribution in [0.1, 0.15) is 38.1 Å². The molecular formula is C20H25F3N6O3. The highest BCUT2D eigenvalue weighted by Crippen LogP contribution is 2.37. The molecule has 2 N–H and O–H groups in total. The lowest BCUT2D eigenvalue weighted by Gasteiger charge is -2.15. The maximum Gasteiger partial charge on any atom is 0.416 e. The third kappa shape index (κ3) is 5.11. The van der Waals surface area contributed by atoms with Crippen molar-refractivity contribution >= 4 is 28.6 Å². The molecule has 9 nitrogen and oxygen atoms in total. The highest BCUT2D eigenvalue weighted by molar-refractivity contribution is 5.88. The molecule has 0 saturated carbocycles. The van der Waals surface area contributed by atoms with Crippen LogP contribution in [-0.2, 0) is 10.9 Å². The molecule has 0 spiro atoms. The van der Waals surface area contributed by atoms with Crippen LogP contribution in [-0.4, -0.2) is 52.0 Å². The lowest BCUT2D eigenvalue weighted by molar-refractivity contribution is -0.137. The SMILES string of the molecule is COc1cc(C(F)(F)F)cc2c1nc(NCCCCNC(=O)OC(C)C)c1nnc(C)n12. The lowest BCUT2D eigenvalue weighted by atomic mass is 10.1. The van der Waals surface area contributed by atoms with E-state index in [0.29, 0.717) is 43.2 Å². The number of methoxy groups -OCH3 is 1. The average molecular weight is 454 g/mol. The number of carbonyl (C=O) groups is 1. The molecule has 0 radical (unpaired) electrons. The molecule has 0 saturated heterocycles. The Hall–Kier alpha value is -3.31. The summed E-state index contributed by atoms with van der Waals surface area (Å²) in [6, 6.07) is 1.94. The molecule has 32 heavy (non-hydrogen) atoms. The summed E-state index contributed by atoms with van der Waals surface area (Å²) in [6.45, 7) is 6.14. The van der Waals surface area contributed by atoms with Gasteiger partial charge in [-0.05, 0) is 45.7 Å². The van der Waals surface area contributed by atoms with E-state index in [4.69, 9.17) is 9.47 Å². The van der Waals surface area contributed by atoms with Crippen LogP contribution < -0.4 is 15.4 Å². The van der Waals surface area contributed by atoms with E-state index < -0.39 is 17.8 Å². The van der Waals surface area contributed by atoms with Gasteiger partial charge < -0.3 is 20.1 Å². The number of ether oxygens (including phenoxy) is 2. The summed E-state index contributed by atoms with van der Waals surface area (Å²) in [5.74, 6) is 0.800. The van der Waals surface area contributed by atoms with Gasteiger partial charge in [-0.25, -0.2) is 9.78 Å². The van der Waals surface area contributed by atoms with E-state index in [-0.39, 0.29) is 22.9 Å². The van der Waals surface area contributed by atoms with Crippen LogP contribution in [0.25, 0.3) is 16.7 Å². The number of unbranched alkanes of at least 4 members (excludes halogenated alkanes) is 1. The number of fused-ring (bicyclic) bond motifs is 3. The molecule has 1 aromatic carbocycles. The van der Waals surface area contributed by atoms with Crippen LogP contribution >= 0.6 is 0 Å². The van der Waals surface area contributed by atoms with Gasteiger partial charge in [0, 0.05) is 13.1 Å². The van der Waals surface area contributed by atoms with E-state index in [9.17, 15) is 18.0 Å². The highest BCUT2D eigenvalue weighted by atomic mass is 19.4. The van der Waals surface area contributed by atoms with Gasteiger partial charge in [-0.2, -0.15) is 13.2 Å². The van der Waals surface area contributed by atoms with Gasteiger partial charge >= 0.3 is 12.3 Å². The number of nitrogens with zero attached hydrogens (tertiary/aromatic N) is 4. The first kappa shape index (κ1) is 23.4. The summed E-state index contributed by atoms with van der Waals surface area (Å²) in [4.78, 5) is 15.9. The van der Waals surface area contributed by atoms with Crippen molar-refractivity contribution in [1.82, 2.24) is 24.9 Å². The van der Waals surface area contributed by atoms with Crippen molar-refractivity contribution in [1.29, 1.82) is 0 Å². The minimum Gasteiger partial charge on any atom is -0.494 e. The first-order valence-corrected chi connectivity index (χ1v) is 10.1. The normalized spacial score (nSPS) is 11.9. The van der Waals surface area contributed by atoms with Crippen LogP contribution in [0.4, 0.5) is 23.8 Å². The monoisotopic (exact) mass is 454 g/mol. The van der Waals surface area contributed by atoms with Crippen molar-refractivity contribution in [2.75, 3.05) is 25.5 Å². The van der Waals surface area contributed by atoms with E-state index in [1.807, 2.05) is 0 Å². The fraction of sp³-hybridized carbons (Fsp3) is 0.500. The van der Waals surface area contributed by atoms with E-state index >= 15 is 0 Å². The van der Waals surface area contributed by atoms with Gasteiger partial charge in [0.05, 0.1) is 24.3 Å². The summed E-state index contributed by atoms with van der Waals surface area (Å²) >= 11 is 0.